The maximum Gasteiger partial charge on any atom is 0.259 e. The van der Waals surface area contributed by atoms with Crippen LogP contribution in [0.2, 0.25) is 0 Å². The Hall–Kier alpha value is -1.83. The molecule has 0 radical (unpaired) electrons. The molecule has 7 nitrogen and oxygen atoms in total. The van der Waals surface area contributed by atoms with Gasteiger partial charge in [0, 0.05) is 32.4 Å². The van der Waals surface area contributed by atoms with E-state index in [4.69, 9.17) is 9.47 Å². The monoisotopic (exact) mass is 343 g/mol. The van der Waals surface area contributed by atoms with Crippen LogP contribution in [0.5, 0.6) is 5.75 Å². The van der Waals surface area contributed by atoms with Crippen molar-refractivity contribution in [3.63, 3.8) is 0 Å². The number of benzene rings is 1. The zero-order valence-corrected chi connectivity index (χ0v) is 14.0. The summed E-state index contributed by atoms with van der Waals surface area (Å²) in [7, 11) is 3.34. The Labute approximate surface area is 141 Å². The number of likely N-dealkylation sites (N-methyl/N-ethyl adjacent to an activating group) is 1. The fraction of sp³-hybridized carbons (Fsp3) is 0.467. The van der Waals surface area contributed by atoms with Gasteiger partial charge in [-0.1, -0.05) is 6.07 Å². The molecule has 1 fully saturated rings. The molecule has 0 saturated carbocycles. The first kappa shape index (κ1) is 19.2. The van der Waals surface area contributed by atoms with E-state index in [2.05, 4.69) is 10.6 Å². The number of nitrogens with zero attached hydrogens (tertiary/aromatic N) is 1. The zero-order chi connectivity index (χ0) is 15.9. The summed E-state index contributed by atoms with van der Waals surface area (Å²) in [5, 5.41) is 5.89. The number of hydrogen-bond donors (Lipinski definition) is 2. The first-order valence-electron chi connectivity index (χ1n) is 7.11. The Balaban J connectivity index is 0.00000264. The number of carbonyl (C=O) groups is 2. The summed E-state index contributed by atoms with van der Waals surface area (Å²) in [6.45, 7) is 1.60. The Kier molecular flexibility index (Phi) is 7.80. The molecule has 0 aromatic heterocycles. The van der Waals surface area contributed by atoms with E-state index in [9.17, 15) is 9.59 Å². The summed E-state index contributed by atoms with van der Waals surface area (Å²) >= 11 is 0. The second-order valence-corrected chi connectivity index (χ2v) is 5.18. The van der Waals surface area contributed by atoms with Crippen molar-refractivity contribution in [2.24, 2.45) is 0 Å². The molecule has 128 valence electrons. The van der Waals surface area contributed by atoms with Crippen LogP contribution in [-0.2, 0) is 14.3 Å². The molecule has 1 aliphatic rings. The molecule has 0 spiro atoms. The van der Waals surface area contributed by atoms with Gasteiger partial charge in [0.15, 0.2) is 6.61 Å². The van der Waals surface area contributed by atoms with Crippen LogP contribution in [0.25, 0.3) is 0 Å². The third-order valence-corrected chi connectivity index (χ3v) is 3.20. The molecule has 1 atom stereocenters. The number of nitrogens with one attached hydrogen (secondary N) is 2. The first-order chi connectivity index (χ1) is 10.6. The maximum atomic E-state index is 12.1. The molecule has 8 heteroatoms. The van der Waals surface area contributed by atoms with Gasteiger partial charge in [-0.15, -0.1) is 12.4 Å². The fourth-order valence-corrected chi connectivity index (χ4v) is 1.90. The largest absolute Gasteiger partial charge is 0.484 e. The molecule has 23 heavy (non-hydrogen) atoms. The molecule has 1 aliphatic heterocycles. The highest BCUT2D eigenvalue weighted by atomic mass is 35.5. The van der Waals surface area contributed by atoms with Crippen molar-refractivity contribution >= 4 is 29.9 Å². The number of halogens is 1. The summed E-state index contributed by atoms with van der Waals surface area (Å²) in [6, 6.07) is 6.59. The van der Waals surface area contributed by atoms with Gasteiger partial charge in [0.05, 0.1) is 13.2 Å². The van der Waals surface area contributed by atoms with Crippen molar-refractivity contribution in [2.45, 2.75) is 6.04 Å². The predicted molar refractivity (Wildman–Crippen MR) is 89.1 cm³/mol. The highest BCUT2D eigenvalue weighted by molar-refractivity contribution is 5.95. The minimum atomic E-state index is -0.353. The van der Waals surface area contributed by atoms with Crippen molar-refractivity contribution < 1.29 is 19.1 Å². The summed E-state index contributed by atoms with van der Waals surface area (Å²) in [6.07, 6.45) is 0. The van der Waals surface area contributed by atoms with E-state index in [0.29, 0.717) is 31.2 Å². The van der Waals surface area contributed by atoms with Gasteiger partial charge in [0.1, 0.15) is 11.8 Å². The Morgan fingerprint density at radius 3 is 2.87 bits per heavy atom. The van der Waals surface area contributed by atoms with Crippen LogP contribution in [0.3, 0.4) is 0 Å². The van der Waals surface area contributed by atoms with Crippen LogP contribution in [0.4, 0.5) is 5.69 Å². The maximum absolute atomic E-state index is 12.1. The minimum Gasteiger partial charge on any atom is -0.484 e. The molecule has 0 bridgehead atoms. The lowest BCUT2D eigenvalue weighted by Crippen LogP contribution is -2.48. The number of rotatable bonds is 5. The van der Waals surface area contributed by atoms with E-state index < -0.39 is 0 Å². The average molecular weight is 344 g/mol. The lowest BCUT2D eigenvalue weighted by atomic mass is 10.2. The second kappa shape index (κ2) is 9.34. The van der Waals surface area contributed by atoms with Crippen LogP contribution in [0.1, 0.15) is 0 Å². The second-order valence-electron chi connectivity index (χ2n) is 5.18. The molecular weight excluding hydrogens is 322 g/mol. The van der Waals surface area contributed by atoms with Crippen molar-refractivity contribution in [1.82, 2.24) is 10.2 Å². The van der Waals surface area contributed by atoms with Crippen molar-refractivity contribution in [3.8, 4) is 5.75 Å². The SMILES string of the molecule is CN(C)C(=O)COc1cccc(NC(=O)C2COCCN2)c1.Cl. The molecule has 0 aliphatic carbocycles. The zero-order valence-electron chi connectivity index (χ0n) is 13.2. The standard InChI is InChI=1S/C15H21N3O4.ClH/c1-18(2)14(19)10-22-12-5-3-4-11(8-12)17-15(20)13-9-21-7-6-16-13;/h3-5,8,13,16H,6-7,9-10H2,1-2H3,(H,17,20);1H. The first-order valence-corrected chi connectivity index (χ1v) is 7.11. The lowest BCUT2D eigenvalue weighted by Gasteiger charge is -2.23. The number of carbonyl (C=O) groups excluding carboxylic acids is 2. The highest BCUT2D eigenvalue weighted by Gasteiger charge is 2.21. The van der Waals surface area contributed by atoms with Crippen LogP contribution in [0.15, 0.2) is 24.3 Å². The Bertz CT molecular complexity index is 533. The molecule has 1 unspecified atom stereocenters. The van der Waals surface area contributed by atoms with Gasteiger partial charge >= 0.3 is 0 Å². The van der Waals surface area contributed by atoms with Crippen molar-refractivity contribution in [1.29, 1.82) is 0 Å². The van der Waals surface area contributed by atoms with Gasteiger partial charge < -0.3 is 25.0 Å². The molecule has 1 heterocycles. The molecule has 1 aromatic carbocycles. The minimum absolute atomic E-state index is 0. The molecule has 2 amide bonds. The molecule has 2 N–H and O–H groups in total. The Morgan fingerprint density at radius 1 is 1.43 bits per heavy atom. The number of amides is 2. The number of hydrogen-bond acceptors (Lipinski definition) is 5. The quantitative estimate of drug-likeness (QED) is 0.814. The summed E-state index contributed by atoms with van der Waals surface area (Å²) < 4.78 is 10.7. The molecule has 1 saturated heterocycles. The van der Waals surface area contributed by atoms with Gasteiger partial charge in [-0.05, 0) is 12.1 Å². The molecular formula is C15H22ClN3O4. The number of ether oxygens (including phenoxy) is 2. The smallest absolute Gasteiger partial charge is 0.259 e. The van der Waals surface area contributed by atoms with E-state index >= 15 is 0 Å². The van der Waals surface area contributed by atoms with Crippen LogP contribution < -0.4 is 15.4 Å². The van der Waals surface area contributed by atoms with Crippen LogP contribution in [-0.4, -0.2) is 63.2 Å². The highest BCUT2D eigenvalue weighted by Crippen LogP contribution is 2.17. The van der Waals surface area contributed by atoms with E-state index in [1.165, 1.54) is 4.90 Å². The van der Waals surface area contributed by atoms with Gasteiger partial charge in [-0.25, -0.2) is 0 Å². The van der Waals surface area contributed by atoms with Gasteiger partial charge in [0.25, 0.3) is 5.91 Å². The van der Waals surface area contributed by atoms with Crippen LogP contribution >= 0.6 is 12.4 Å². The van der Waals surface area contributed by atoms with Crippen molar-refractivity contribution in [3.05, 3.63) is 24.3 Å². The van der Waals surface area contributed by atoms with E-state index in [-0.39, 0.29) is 36.9 Å². The topological polar surface area (TPSA) is 79.9 Å². The third-order valence-electron chi connectivity index (χ3n) is 3.20. The summed E-state index contributed by atoms with van der Waals surface area (Å²) in [5.41, 5.74) is 0.618. The van der Waals surface area contributed by atoms with E-state index in [0.717, 1.165) is 0 Å². The van der Waals surface area contributed by atoms with Crippen molar-refractivity contribution in [2.75, 3.05) is 45.8 Å². The summed E-state index contributed by atoms with van der Waals surface area (Å²) in [5.74, 6) is 0.250. The van der Waals surface area contributed by atoms with Gasteiger partial charge in [-0.3, -0.25) is 9.59 Å². The number of morpholine rings is 1. The third kappa shape index (κ3) is 6.05. The predicted octanol–water partition coefficient (Wildman–Crippen LogP) is 0.502. The van der Waals surface area contributed by atoms with E-state index in [1.807, 2.05) is 0 Å². The Morgan fingerprint density at radius 2 is 2.22 bits per heavy atom. The average Bonchev–Trinajstić information content (AvgIpc) is 2.53. The lowest BCUT2D eigenvalue weighted by molar-refractivity contribution is -0.130. The van der Waals surface area contributed by atoms with Gasteiger partial charge in [-0.2, -0.15) is 0 Å². The fourth-order valence-electron chi connectivity index (χ4n) is 1.90. The van der Waals surface area contributed by atoms with E-state index in [1.54, 1.807) is 38.4 Å². The molecule has 1 aromatic rings. The summed E-state index contributed by atoms with van der Waals surface area (Å²) in [4.78, 5) is 25.0. The number of anilines is 1. The van der Waals surface area contributed by atoms with Crippen LogP contribution in [0, 0.1) is 0 Å². The van der Waals surface area contributed by atoms with Gasteiger partial charge in [0.2, 0.25) is 5.91 Å². The normalized spacial score (nSPS) is 16.9. The molecule has 2 rings (SSSR count).